The molecule has 9 heterocycles. The van der Waals surface area contributed by atoms with Crippen molar-refractivity contribution in [2.24, 2.45) is 53.3 Å². The zero-order chi connectivity index (χ0) is 99.1. The van der Waals surface area contributed by atoms with E-state index in [9.17, 15) is 0 Å². The van der Waals surface area contributed by atoms with E-state index in [0.29, 0.717) is 16.2 Å². The van der Waals surface area contributed by atoms with Crippen LogP contribution in [0.5, 0.6) is 0 Å². The molecule has 0 saturated heterocycles. The molecule has 12 aromatic carbocycles. The van der Waals surface area contributed by atoms with Crippen LogP contribution in [0.15, 0.2) is 298 Å². The molecule has 0 aliphatic heterocycles. The Morgan fingerprint density at radius 1 is 0.199 bits per heavy atom. The van der Waals surface area contributed by atoms with Crippen molar-refractivity contribution in [2.45, 2.75) is 263 Å². The second-order valence-electron chi connectivity index (χ2n) is 52.9. The van der Waals surface area contributed by atoms with Gasteiger partial charge in [-0.1, -0.05) is 237 Å². The maximum Gasteiger partial charge on any atom is 0.139 e. The molecule has 12 saturated carbocycles. The number of rotatable bonds is 9. The van der Waals surface area contributed by atoms with Gasteiger partial charge < -0.3 is 18.3 Å². The third-order valence-electron chi connectivity index (χ3n) is 38.2. The zero-order valence-corrected chi connectivity index (χ0v) is 88.2. The summed E-state index contributed by atoms with van der Waals surface area (Å²) in [5.74, 6) is 10.3. The fourth-order valence-electron chi connectivity index (χ4n) is 32.2. The molecule has 12 bridgehead atoms. The highest BCUT2D eigenvalue weighted by atomic mass is 15.1. The molecule has 9 heteroatoms. The van der Waals surface area contributed by atoms with Gasteiger partial charge in [0.25, 0.3) is 0 Å². The topological polar surface area (TPSA) is 68.2 Å². The first kappa shape index (κ1) is 90.4. The van der Waals surface area contributed by atoms with Gasteiger partial charge in [-0.2, -0.15) is 0 Å². The molecule has 0 spiro atoms. The molecule has 21 aromatic rings. The largest absolute Gasteiger partial charge is 0.309 e. The third-order valence-corrected chi connectivity index (χ3v) is 38.2. The van der Waals surface area contributed by atoms with Crippen LogP contribution in [0.4, 0.5) is 0 Å². The normalized spacial score (nSPS) is 23.8. The Balaban J connectivity index is 0.000000106. The van der Waals surface area contributed by atoms with E-state index in [0.717, 1.165) is 87.6 Å². The van der Waals surface area contributed by atoms with Crippen molar-refractivity contribution in [3.05, 3.63) is 342 Å². The van der Waals surface area contributed by atoms with Crippen LogP contribution in [0.3, 0.4) is 0 Å². The molecule has 732 valence electrons. The van der Waals surface area contributed by atoms with E-state index in [-0.39, 0.29) is 27.1 Å². The molecule has 12 aliphatic rings. The van der Waals surface area contributed by atoms with E-state index in [2.05, 4.69) is 417 Å². The summed E-state index contributed by atoms with van der Waals surface area (Å²) < 4.78 is 14.6. The molecular formula is C137H139N9. The number of aromatic nitrogens is 9. The van der Waals surface area contributed by atoms with E-state index >= 15 is 0 Å². The van der Waals surface area contributed by atoms with Crippen molar-refractivity contribution < 1.29 is 0 Å². The minimum atomic E-state index is 0.0668. The van der Waals surface area contributed by atoms with Gasteiger partial charge in [0.1, 0.15) is 11.6 Å². The van der Waals surface area contributed by atoms with Gasteiger partial charge in [0.2, 0.25) is 0 Å². The van der Waals surface area contributed by atoms with Gasteiger partial charge in [0.05, 0.1) is 108 Å². The monoisotopic (exact) mass is 1910 g/mol. The van der Waals surface area contributed by atoms with Crippen LogP contribution in [0.2, 0.25) is 0 Å². The van der Waals surface area contributed by atoms with Crippen molar-refractivity contribution >= 4 is 131 Å². The quantitative estimate of drug-likeness (QED) is 0.145. The summed E-state index contributed by atoms with van der Waals surface area (Å²) in [7, 11) is 0. The van der Waals surface area contributed by atoms with Crippen LogP contribution in [0.25, 0.3) is 165 Å². The standard InChI is InChI=1S/2C47H49N3.C43H41N3/c1-45(2,3)32-12-16-41-38(22-32)39-23-33(46(4,5)6)13-17-42(39)49(41)35-14-18-44(48-28-35)50-40-10-8-7-9-36(40)37-15-11-34(24-43(37)50)47-25-29-19-30(26-47)21-31(20-29)27-47;1-45(2,3)32-12-15-42-39(20-32)40-21-33(46(4,5)6)13-16-43(40)49(42)35-23-36(28-48-27-35)50-41-10-8-7-9-37(41)38-14-11-34(22-44(38)50)47-24-29-17-30(25-47)19-31(18-29)26-47;1-42(2,3)30-12-14-39-35(21-30)33-8-4-6-10-37(33)45(39)32-16-17-44-41(23-32)46-38-11-7-5-9-34(38)36-22-31(13-15-40(36)46)43-24-27-18-28(25-43)20-29(19-27)26-43/h7-18,22-24,28-31H,19-21,25-27H2,1-6H3;7-16,20-23,27-31H,17-19,24-26H2,1-6H3;4-17,21-23,27-29H,18-20,24-26H2,1-3H3. The maximum absolute atomic E-state index is 5.27. The minimum absolute atomic E-state index is 0.0668. The van der Waals surface area contributed by atoms with Gasteiger partial charge in [0, 0.05) is 76.9 Å². The molecule has 0 unspecified atom stereocenters. The van der Waals surface area contributed by atoms with E-state index < -0.39 is 0 Å². The predicted octanol–water partition coefficient (Wildman–Crippen LogP) is 35.7. The Hall–Kier alpha value is -13.1. The summed E-state index contributed by atoms with van der Waals surface area (Å²) in [5, 5.41) is 15.8. The Kier molecular flexibility index (Phi) is 20.1. The van der Waals surface area contributed by atoms with Crippen LogP contribution in [0, 0.1) is 53.3 Å². The highest BCUT2D eigenvalue weighted by Crippen LogP contribution is 2.65. The van der Waals surface area contributed by atoms with Crippen LogP contribution in [-0.2, 0) is 43.3 Å². The van der Waals surface area contributed by atoms with E-state index in [1.54, 1.807) is 16.7 Å². The number of benzene rings is 12. The Morgan fingerprint density at radius 2 is 0.466 bits per heavy atom. The SMILES string of the molecule is CC(C)(C)c1ccc2c(c1)c1cc(C(C)(C)C)ccc1n2-c1ccc(-n2c3ccccc3c3ccc(C45CC6CC(CC(C6)C4)C5)cc32)nc1.CC(C)(C)c1ccc2c(c1)c1cc(C(C)(C)C)ccc1n2-c1cncc(-n2c3ccccc3c3ccc(C45CC6CC(CC(C6)C4)C5)cc32)c1.CC(C)(C)c1ccc2c(c1)c1ccccc1n2-c1ccnc(-n2c3ccccc3c3cc(C45CC6CC(CC(C6)C4)C5)ccc32)c1. The smallest absolute Gasteiger partial charge is 0.139 e. The first-order chi connectivity index (χ1) is 70.2. The van der Waals surface area contributed by atoms with Gasteiger partial charge in [-0.15, -0.1) is 0 Å². The first-order valence-corrected chi connectivity index (χ1v) is 55.5. The van der Waals surface area contributed by atoms with Gasteiger partial charge in [-0.05, 0) is 390 Å². The molecule has 0 atom stereocenters. The summed E-state index contributed by atoms with van der Waals surface area (Å²) in [6, 6.07) is 105. The van der Waals surface area contributed by atoms with Gasteiger partial charge >= 0.3 is 0 Å². The van der Waals surface area contributed by atoms with Crippen LogP contribution < -0.4 is 0 Å². The van der Waals surface area contributed by atoms with Crippen molar-refractivity contribution in [3.63, 3.8) is 0 Å². The van der Waals surface area contributed by atoms with Crippen molar-refractivity contribution in [3.8, 4) is 34.4 Å². The first-order valence-electron chi connectivity index (χ1n) is 55.5. The average molecular weight is 1910 g/mol. The average Bonchev–Trinajstić information content (AvgIpc) is 1.43. The Morgan fingerprint density at radius 3 is 0.822 bits per heavy atom. The van der Waals surface area contributed by atoms with E-state index in [4.69, 9.17) is 15.0 Å². The molecule has 12 fully saturated rings. The highest BCUT2D eigenvalue weighted by Gasteiger charge is 2.55. The predicted molar refractivity (Wildman–Crippen MR) is 612 cm³/mol. The lowest BCUT2D eigenvalue weighted by atomic mass is 9.48. The highest BCUT2D eigenvalue weighted by molar-refractivity contribution is 6.15. The lowest BCUT2D eigenvalue weighted by molar-refractivity contribution is -0.00525. The molecule has 0 amide bonds. The molecule has 0 radical (unpaired) electrons. The van der Waals surface area contributed by atoms with Crippen LogP contribution in [0.1, 0.15) is 264 Å². The van der Waals surface area contributed by atoms with Crippen LogP contribution >= 0.6 is 0 Å². The van der Waals surface area contributed by atoms with Gasteiger partial charge in [-0.25, -0.2) is 9.97 Å². The number of nitrogens with zero attached hydrogens (tertiary/aromatic N) is 9. The Labute approximate surface area is 859 Å². The van der Waals surface area contributed by atoms with E-state index in [1.807, 2.05) is 12.4 Å². The summed E-state index contributed by atoms with van der Waals surface area (Å²) in [6.07, 6.45) is 33.9. The molecule has 9 nitrogen and oxygen atoms in total. The summed E-state index contributed by atoms with van der Waals surface area (Å²) >= 11 is 0. The molecule has 146 heavy (non-hydrogen) atoms. The second-order valence-corrected chi connectivity index (χ2v) is 52.9. The van der Waals surface area contributed by atoms with Gasteiger partial charge in [-0.3, -0.25) is 14.1 Å². The second kappa shape index (κ2) is 32.4. The molecular weight excluding hydrogens is 1770 g/mol. The van der Waals surface area contributed by atoms with Gasteiger partial charge in [0.15, 0.2) is 0 Å². The van der Waals surface area contributed by atoms with Crippen molar-refractivity contribution in [1.82, 2.24) is 42.4 Å². The molecule has 33 rings (SSSR count). The number of fused-ring (bicyclic) bond motifs is 18. The number of hydrogen-bond donors (Lipinski definition) is 0. The van der Waals surface area contributed by atoms with Crippen molar-refractivity contribution in [2.75, 3.05) is 0 Å². The molecule has 9 aromatic heterocycles. The van der Waals surface area contributed by atoms with Crippen LogP contribution in [-0.4, -0.2) is 42.4 Å². The molecule has 0 N–H and O–H groups in total. The Bertz CT molecular complexity index is 8700. The lowest BCUT2D eigenvalue weighted by Crippen LogP contribution is -2.48. The summed E-state index contributed by atoms with van der Waals surface area (Å²) in [5.41, 5.74) is 32.3. The summed E-state index contributed by atoms with van der Waals surface area (Å²) in [6.45, 7) is 34.5. The molecule has 12 aliphatic carbocycles. The number of para-hydroxylation sites is 4. The third kappa shape index (κ3) is 14.5. The fourth-order valence-corrected chi connectivity index (χ4v) is 32.2. The maximum atomic E-state index is 5.27. The van der Waals surface area contributed by atoms with E-state index in [1.165, 1.54) is 274 Å². The lowest BCUT2D eigenvalue weighted by Gasteiger charge is -2.57. The zero-order valence-electron chi connectivity index (χ0n) is 88.2. The minimum Gasteiger partial charge on any atom is -0.309 e. The fraction of sp³-hybridized carbons (Fsp3) is 0.365. The number of pyridine rings is 3. The van der Waals surface area contributed by atoms with Crippen molar-refractivity contribution in [1.29, 1.82) is 0 Å². The number of hydrogen-bond acceptors (Lipinski definition) is 3. The summed E-state index contributed by atoms with van der Waals surface area (Å²) in [4.78, 5) is 15.3.